The molecular weight excluding hydrogens is 248 g/mol. The van der Waals surface area contributed by atoms with Gasteiger partial charge in [-0.1, -0.05) is 60.7 Å². The van der Waals surface area contributed by atoms with Crippen LogP contribution in [0.25, 0.3) is 0 Å². The molecule has 1 saturated carbocycles. The second-order valence-corrected chi connectivity index (χ2v) is 5.32. The Balaban J connectivity index is 1.55. The van der Waals surface area contributed by atoms with E-state index in [0.717, 1.165) is 5.56 Å². The van der Waals surface area contributed by atoms with Gasteiger partial charge in [0.1, 0.15) is 5.78 Å². The summed E-state index contributed by atoms with van der Waals surface area (Å²) in [5, 5.41) is 0. The fourth-order valence-electron chi connectivity index (χ4n) is 2.78. The maximum Gasteiger partial charge on any atom is 0.141 e. The van der Waals surface area contributed by atoms with Crippen molar-refractivity contribution in [2.75, 3.05) is 6.61 Å². The van der Waals surface area contributed by atoms with Gasteiger partial charge >= 0.3 is 0 Å². The number of benzene rings is 2. The number of hydrogen-bond donors (Lipinski definition) is 0. The smallest absolute Gasteiger partial charge is 0.141 e. The third-order valence-electron chi connectivity index (χ3n) is 3.88. The quantitative estimate of drug-likeness (QED) is 0.827. The van der Waals surface area contributed by atoms with Gasteiger partial charge in [-0.15, -0.1) is 0 Å². The van der Waals surface area contributed by atoms with Gasteiger partial charge in [0.05, 0.1) is 13.2 Å². The van der Waals surface area contributed by atoms with E-state index in [1.54, 1.807) is 0 Å². The van der Waals surface area contributed by atoms with Gasteiger partial charge in [-0.25, -0.2) is 0 Å². The van der Waals surface area contributed by atoms with Crippen LogP contribution in [-0.2, 0) is 16.1 Å². The SMILES string of the molecule is O=C1C[C@H](COCc2ccccc2)[C@H]1c1ccccc1. The summed E-state index contributed by atoms with van der Waals surface area (Å²) in [7, 11) is 0. The summed E-state index contributed by atoms with van der Waals surface area (Å²) >= 11 is 0. The Labute approximate surface area is 119 Å². The average molecular weight is 266 g/mol. The normalized spacial score (nSPS) is 21.5. The number of ketones is 1. The van der Waals surface area contributed by atoms with Gasteiger partial charge in [0.25, 0.3) is 0 Å². The predicted molar refractivity (Wildman–Crippen MR) is 78.4 cm³/mol. The number of hydrogen-bond acceptors (Lipinski definition) is 2. The van der Waals surface area contributed by atoms with Gasteiger partial charge in [-0.05, 0) is 11.1 Å². The molecule has 0 spiro atoms. The molecule has 2 aromatic rings. The minimum absolute atomic E-state index is 0.0342. The standard InChI is InChI=1S/C18H18O2/c19-17-11-16(18(17)15-9-5-2-6-10-15)13-20-12-14-7-3-1-4-8-14/h1-10,16,18H,11-13H2/t16-,18-/m1/s1. The van der Waals surface area contributed by atoms with Crippen molar-refractivity contribution in [2.45, 2.75) is 18.9 Å². The van der Waals surface area contributed by atoms with Crippen molar-refractivity contribution >= 4 is 5.78 Å². The zero-order chi connectivity index (χ0) is 13.8. The molecule has 1 aliphatic carbocycles. The minimum atomic E-state index is 0.0342. The Kier molecular flexibility index (Phi) is 3.93. The van der Waals surface area contributed by atoms with E-state index in [1.165, 1.54) is 5.56 Å². The second kappa shape index (κ2) is 6.02. The van der Waals surface area contributed by atoms with Crippen LogP contribution in [0.2, 0.25) is 0 Å². The highest BCUT2D eigenvalue weighted by molar-refractivity contribution is 5.92. The van der Waals surface area contributed by atoms with Crippen molar-refractivity contribution in [3.8, 4) is 0 Å². The van der Waals surface area contributed by atoms with Crippen molar-refractivity contribution < 1.29 is 9.53 Å². The molecule has 0 unspecified atom stereocenters. The van der Waals surface area contributed by atoms with E-state index in [2.05, 4.69) is 12.1 Å². The molecule has 1 fully saturated rings. The molecule has 102 valence electrons. The van der Waals surface area contributed by atoms with Crippen molar-refractivity contribution in [3.05, 3.63) is 71.8 Å². The van der Waals surface area contributed by atoms with Crippen molar-refractivity contribution in [2.24, 2.45) is 5.92 Å². The lowest BCUT2D eigenvalue weighted by atomic mass is 9.69. The summed E-state index contributed by atoms with van der Waals surface area (Å²) in [5.41, 5.74) is 2.30. The van der Waals surface area contributed by atoms with Crippen LogP contribution in [0, 0.1) is 5.92 Å². The lowest BCUT2D eigenvalue weighted by Gasteiger charge is -2.35. The van der Waals surface area contributed by atoms with Gasteiger partial charge in [0.15, 0.2) is 0 Å². The molecule has 0 aromatic heterocycles. The third kappa shape index (κ3) is 2.81. The molecule has 3 rings (SSSR count). The molecule has 1 aliphatic rings. The van der Waals surface area contributed by atoms with Crippen molar-refractivity contribution in [1.82, 2.24) is 0 Å². The topological polar surface area (TPSA) is 26.3 Å². The summed E-state index contributed by atoms with van der Waals surface area (Å²) in [5.74, 6) is 0.699. The maximum atomic E-state index is 11.8. The molecule has 0 aliphatic heterocycles. The number of ether oxygens (including phenoxy) is 1. The lowest BCUT2D eigenvalue weighted by Crippen LogP contribution is -2.37. The second-order valence-electron chi connectivity index (χ2n) is 5.32. The zero-order valence-corrected chi connectivity index (χ0v) is 11.4. The van der Waals surface area contributed by atoms with E-state index in [1.807, 2.05) is 48.5 Å². The first-order valence-electron chi connectivity index (χ1n) is 7.04. The number of rotatable bonds is 5. The fraction of sp³-hybridized carbons (Fsp3) is 0.278. The zero-order valence-electron chi connectivity index (χ0n) is 11.4. The van der Waals surface area contributed by atoms with E-state index in [-0.39, 0.29) is 5.92 Å². The van der Waals surface area contributed by atoms with Crippen LogP contribution in [0.15, 0.2) is 60.7 Å². The Morgan fingerprint density at radius 1 is 0.950 bits per heavy atom. The Morgan fingerprint density at radius 2 is 1.60 bits per heavy atom. The third-order valence-corrected chi connectivity index (χ3v) is 3.88. The summed E-state index contributed by atoms with van der Waals surface area (Å²) in [6, 6.07) is 20.2. The molecular formula is C18H18O2. The molecule has 2 heteroatoms. The first-order chi connectivity index (χ1) is 9.84. The van der Waals surface area contributed by atoms with Gasteiger partial charge in [0.2, 0.25) is 0 Å². The van der Waals surface area contributed by atoms with Crippen LogP contribution in [0.3, 0.4) is 0 Å². The molecule has 0 heterocycles. The molecule has 0 amide bonds. The molecule has 0 saturated heterocycles. The van der Waals surface area contributed by atoms with Crippen LogP contribution in [-0.4, -0.2) is 12.4 Å². The van der Waals surface area contributed by atoms with E-state index in [9.17, 15) is 4.79 Å². The van der Waals surface area contributed by atoms with Crippen LogP contribution < -0.4 is 0 Å². The van der Waals surface area contributed by atoms with Crippen LogP contribution in [0.4, 0.5) is 0 Å². The highest BCUT2D eigenvalue weighted by atomic mass is 16.5. The van der Waals surface area contributed by atoms with Gasteiger partial charge in [0, 0.05) is 18.3 Å². The summed E-state index contributed by atoms with van der Waals surface area (Å²) < 4.78 is 5.77. The molecule has 20 heavy (non-hydrogen) atoms. The molecule has 2 nitrogen and oxygen atoms in total. The van der Waals surface area contributed by atoms with Crippen molar-refractivity contribution in [3.63, 3.8) is 0 Å². The Bertz CT molecular complexity index is 562. The summed E-state index contributed by atoms with van der Waals surface area (Å²) in [6.07, 6.45) is 0.647. The molecule has 2 aromatic carbocycles. The predicted octanol–water partition coefficient (Wildman–Crippen LogP) is 3.58. The molecule has 2 atom stereocenters. The average Bonchev–Trinajstić information content (AvgIpc) is 2.48. The first-order valence-corrected chi connectivity index (χ1v) is 7.04. The minimum Gasteiger partial charge on any atom is -0.376 e. The van der Waals surface area contributed by atoms with Crippen LogP contribution >= 0.6 is 0 Å². The summed E-state index contributed by atoms with van der Waals surface area (Å²) in [4.78, 5) is 11.8. The molecule has 0 radical (unpaired) electrons. The van der Waals surface area contributed by atoms with E-state index in [4.69, 9.17) is 4.74 Å². The highest BCUT2D eigenvalue weighted by Crippen LogP contribution is 2.39. The highest BCUT2D eigenvalue weighted by Gasteiger charge is 2.40. The number of carbonyl (C=O) groups excluding carboxylic acids is 1. The number of carbonyl (C=O) groups is 1. The Morgan fingerprint density at radius 3 is 2.25 bits per heavy atom. The molecule has 0 N–H and O–H groups in total. The Hall–Kier alpha value is -1.93. The molecule has 0 bridgehead atoms. The largest absolute Gasteiger partial charge is 0.376 e. The van der Waals surface area contributed by atoms with Gasteiger partial charge in [-0.2, -0.15) is 0 Å². The lowest BCUT2D eigenvalue weighted by molar-refractivity contribution is -0.132. The fourth-order valence-corrected chi connectivity index (χ4v) is 2.78. The van der Waals surface area contributed by atoms with Gasteiger partial charge < -0.3 is 4.74 Å². The number of Topliss-reactive ketones (excluding diaryl/α,β-unsaturated/α-hetero) is 1. The summed E-state index contributed by atoms with van der Waals surface area (Å²) in [6.45, 7) is 1.27. The van der Waals surface area contributed by atoms with Gasteiger partial charge in [-0.3, -0.25) is 4.79 Å². The monoisotopic (exact) mass is 266 g/mol. The van der Waals surface area contributed by atoms with Crippen LogP contribution in [0.1, 0.15) is 23.5 Å². The van der Waals surface area contributed by atoms with E-state index >= 15 is 0 Å². The van der Waals surface area contributed by atoms with Crippen molar-refractivity contribution in [1.29, 1.82) is 0 Å². The van der Waals surface area contributed by atoms with E-state index in [0.29, 0.717) is 31.3 Å². The first kappa shape index (κ1) is 13.1. The van der Waals surface area contributed by atoms with E-state index < -0.39 is 0 Å². The van der Waals surface area contributed by atoms with Crippen LogP contribution in [0.5, 0.6) is 0 Å². The maximum absolute atomic E-state index is 11.8.